The number of carbonyl (C=O) groups is 2. The number of hydrogen-bond donors (Lipinski definition) is 0. The molecule has 0 aliphatic carbocycles. The van der Waals surface area contributed by atoms with Crippen LogP contribution in [-0.4, -0.2) is 23.8 Å². The Morgan fingerprint density at radius 2 is 2.08 bits per heavy atom. The van der Waals surface area contributed by atoms with Gasteiger partial charge in [0.15, 0.2) is 0 Å². The monoisotopic (exact) mass is 245 g/mol. The second-order valence-corrected chi connectivity index (χ2v) is 4.89. The van der Waals surface area contributed by atoms with Crippen LogP contribution in [-0.2, 0) is 0 Å². The van der Waals surface area contributed by atoms with Crippen LogP contribution in [0.4, 0.5) is 0 Å². The third kappa shape index (κ3) is 0.864. The molecule has 0 saturated heterocycles. The molecule has 2 heterocycles. The predicted molar refractivity (Wildman–Crippen MR) is 48.4 cm³/mol. The van der Waals surface area contributed by atoms with E-state index in [0.717, 1.165) is 8.69 Å². The molecular weight excluding hydrogens is 242 g/mol. The molecule has 0 saturated carbocycles. The van der Waals surface area contributed by atoms with Crippen LogP contribution < -0.4 is 0 Å². The van der Waals surface area contributed by atoms with Crippen LogP contribution in [0, 0.1) is 0 Å². The fourth-order valence-electron chi connectivity index (χ4n) is 1.10. The standard InChI is InChI=1S/C7H4BrNO2S/c1-9-6(10)3-2-4(8)12-5(3)7(9)11/h2H,1H3. The molecule has 1 aromatic rings. The van der Waals surface area contributed by atoms with Crippen molar-refractivity contribution < 1.29 is 9.59 Å². The highest BCUT2D eigenvalue weighted by molar-refractivity contribution is 9.11. The molecule has 3 nitrogen and oxygen atoms in total. The molecule has 2 amide bonds. The zero-order valence-corrected chi connectivity index (χ0v) is 8.53. The number of amides is 2. The average Bonchev–Trinajstić information content (AvgIpc) is 2.49. The normalized spacial score (nSPS) is 15.7. The minimum Gasteiger partial charge on any atom is -0.277 e. The summed E-state index contributed by atoms with van der Waals surface area (Å²) in [5.74, 6) is -0.414. The van der Waals surface area contributed by atoms with Gasteiger partial charge in [0.25, 0.3) is 11.8 Å². The molecule has 1 aliphatic rings. The van der Waals surface area contributed by atoms with E-state index in [1.807, 2.05) is 0 Å². The zero-order chi connectivity index (χ0) is 8.88. The van der Waals surface area contributed by atoms with E-state index >= 15 is 0 Å². The van der Waals surface area contributed by atoms with Gasteiger partial charge in [-0.15, -0.1) is 11.3 Å². The van der Waals surface area contributed by atoms with E-state index in [2.05, 4.69) is 15.9 Å². The van der Waals surface area contributed by atoms with Crippen molar-refractivity contribution >= 4 is 39.1 Å². The van der Waals surface area contributed by atoms with Gasteiger partial charge in [-0.1, -0.05) is 0 Å². The molecule has 0 N–H and O–H groups in total. The Morgan fingerprint density at radius 1 is 1.42 bits per heavy atom. The van der Waals surface area contributed by atoms with Crippen molar-refractivity contribution in [3.8, 4) is 0 Å². The molecule has 0 atom stereocenters. The summed E-state index contributed by atoms with van der Waals surface area (Å²) in [6.07, 6.45) is 0. The number of hydrogen-bond acceptors (Lipinski definition) is 3. The highest BCUT2D eigenvalue weighted by Crippen LogP contribution is 2.32. The van der Waals surface area contributed by atoms with Crippen LogP contribution >= 0.6 is 27.3 Å². The summed E-state index contributed by atoms with van der Waals surface area (Å²) in [7, 11) is 1.49. The van der Waals surface area contributed by atoms with Gasteiger partial charge in [-0.3, -0.25) is 14.5 Å². The van der Waals surface area contributed by atoms with Gasteiger partial charge in [0.05, 0.1) is 9.35 Å². The lowest BCUT2D eigenvalue weighted by Gasteiger charge is -2.03. The molecular formula is C7H4BrNO2S. The molecule has 2 rings (SSSR count). The van der Waals surface area contributed by atoms with Gasteiger partial charge in [0, 0.05) is 7.05 Å². The van der Waals surface area contributed by atoms with Crippen LogP contribution in [0.2, 0.25) is 0 Å². The molecule has 62 valence electrons. The van der Waals surface area contributed by atoms with Crippen LogP contribution in [0.1, 0.15) is 20.0 Å². The van der Waals surface area contributed by atoms with Gasteiger partial charge in [-0.05, 0) is 22.0 Å². The van der Waals surface area contributed by atoms with Crippen molar-refractivity contribution in [3.63, 3.8) is 0 Å². The van der Waals surface area contributed by atoms with E-state index in [9.17, 15) is 9.59 Å². The number of rotatable bonds is 0. The molecule has 0 bridgehead atoms. The molecule has 5 heteroatoms. The maximum Gasteiger partial charge on any atom is 0.271 e. The molecule has 0 radical (unpaired) electrons. The molecule has 0 fully saturated rings. The first kappa shape index (κ1) is 7.94. The maximum absolute atomic E-state index is 11.3. The minimum atomic E-state index is -0.211. The minimum absolute atomic E-state index is 0.203. The Kier molecular flexibility index (Phi) is 1.59. The molecule has 1 aromatic heterocycles. The molecule has 1 aliphatic heterocycles. The van der Waals surface area contributed by atoms with Crippen LogP contribution in [0.25, 0.3) is 0 Å². The number of carbonyl (C=O) groups excluding carboxylic acids is 2. The quantitative estimate of drug-likeness (QED) is 0.654. The Balaban J connectivity index is 2.64. The van der Waals surface area contributed by atoms with Crippen LogP contribution in [0.15, 0.2) is 9.85 Å². The highest BCUT2D eigenvalue weighted by atomic mass is 79.9. The van der Waals surface area contributed by atoms with Crippen molar-refractivity contribution in [3.05, 3.63) is 20.3 Å². The van der Waals surface area contributed by atoms with E-state index in [1.165, 1.54) is 18.4 Å². The smallest absolute Gasteiger partial charge is 0.271 e. The van der Waals surface area contributed by atoms with E-state index in [1.54, 1.807) is 6.07 Å². The first-order valence-corrected chi connectivity index (χ1v) is 4.84. The predicted octanol–water partition coefficient (Wildman–Crippen LogP) is 1.74. The maximum atomic E-state index is 11.3. The number of nitrogens with zero attached hydrogens (tertiary/aromatic N) is 1. The second-order valence-electron chi connectivity index (χ2n) is 2.46. The lowest BCUT2D eigenvalue weighted by Crippen LogP contribution is -2.24. The van der Waals surface area contributed by atoms with Crippen molar-refractivity contribution in [1.29, 1.82) is 0 Å². The summed E-state index contributed by atoms with van der Waals surface area (Å²) >= 11 is 4.53. The summed E-state index contributed by atoms with van der Waals surface area (Å²) in [6, 6.07) is 1.68. The van der Waals surface area contributed by atoms with Gasteiger partial charge >= 0.3 is 0 Å². The van der Waals surface area contributed by atoms with Crippen molar-refractivity contribution in [2.75, 3.05) is 7.05 Å². The van der Waals surface area contributed by atoms with Crippen LogP contribution in [0.3, 0.4) is 0 Å². The average molecular weight is 246 g/mol. The zero-order valence-electron chi connectivity index (χ0n) is 6.13. The van der Waals surface area contributed by atoms with Gasteiger partial charge in [-0.25, -0.2) is 0 Å². The molecule has 0 aromatic carbocycles. The molecule has 12 heavy (non-hydrogen) atoms. The summed E-state index contributed by atoms with van der Waals surface area (Å²) in [4.78, 5) is 24.3. The van der Waals surface area contributed by atoms with Crippen LogP contribution in [0.5, 0.6) is 0 Å². The fraction of sp³-hybridized carbons (Fsp3) is 0.143. The number of imide groups is 1. The third-order valence-electron chi connectivity index (χ3n) is 1.74. The summed E-state index contributed by atoms with van der Waals surface area (Å²) in [5, 5.41) is 0. The summed E-state index contributed by atoms with van der Waals surface area (Å²) in [5.41, 5.74) is 0.513. The van der Waals surface area contributed by atoms with Gasteiger partial charge in [-0.2, -0.15) is 0 Å². The first-order chi connectivity index (χ1) is 5.61. The number of thiophene rings is 1. The summed E-state index contributed by atoms with van der Waals surface area (Å²) in [6.45, 7) is 0. The fourth-order valence-corrected chi connectivity index (χ4v) is 2.67. The second kappa shape index (κ2) is 2.40. The van der Waals surface area contributed by atoms with E-state index in [-0.39, 0.29) is 11.8 Å². The topological polar surface area (TPSA) is 37.4 Å². The SMILES string of the molecule is CN1C(=O)c2cc(Br)sc2C1=O. The van der Waals surface area contributed by atoms with E-state index in [0.29, 0.717) is 10.4 Å². The first-order valence-electron chi connectivity index (χ1n) is 3.23. The number of halogens is 1. The van der Waals surface area contributed by atoms with Gasteiger partial charge < -0.3 is 0 Å². The lowest BCUT2D eigenvalue weighted by molar-refractivity contribution is 0.0694. The number of fused-ring (bicyclic) bond motifs is 1. The summed E-state index contributed by atoms with van der Waals surface area (Å²) < 4.78 is 0.822. The third-order valence-corrected chi connectivity index (χ3v) is 3.36. The Hall–Kier alpha value is -0.680. The Morgan fingerprint density at radius 3 is 2.67 bits per heavy atom. The van der Waals surface area contributed by atoms with E-state index in [4.69, 9.17) is 0 Å². The van der Waals surface area contributed by atoms with Crippen molar-refractivity contribution in [2.24, 2.45) is 0 Å². The highest BCUT2D eigenvalue weighted by Gasteiger charge is 2.34. The van der Waals surface area contributed by atoms with E-state index < -0.39 is 0 Å². The largest absolute Gasteiger partial charge is 0.277 e. The lowest BCUT2D eigenvalue weighted by atomic mass is 10.3. The van der Waals surface area contributed by atoms with Gasteiger partial charge in [0.1, 0.15) is 4.88 Å². The van der Waals surface area contributed by atoms with Crippen molar-refractivity contribution in [2.45, 2.75) is 0 Å². The Labute approximate surface area is 81.1 Å². The molecule has 0 unspecified atom stereocenters. The van der Waals surface area contributed by atoms with Crippen molar-refractivity contribution in [1.82, 2.24) is 4.90 Å². The van der Waals surface area contributed by atoms with Gasteiger partial charge in [0.2, 0.25) is 0 Å². The molecule has 0 spiro atoms. The Bertz CT molecular complexity index is 351.